The maximum Gasteiger partial charge on any atom is 0.335 e. The lowest BCUT2D eigenvalue weighted by atomic mass is 10.1. The van der Waals surface area contributed by atoms with Gasteiger partial charge in [0.1, 0.15) is 0 Å². The molecule has 0 aliphatic rings. The van der Waals surface area contributed by atoms with Gasteiger partial charge in [0.25, 0.3) is 0 Å². The summed E-state index contributed by atoms with van der Waals surface area (Å²) in [4.78, 5) is 15.8. The van der Waals surface area contributed by atoms with Crippen LogP contribution >= 0.6 is 11.3 Å². The van der Waals surface area contributed by atoms with Crippen molar-refractivity contribution in [3.05, 3.63) is 52.0 Å². The Hall–Kier alpha value is -1.72. The van der Waals surface area contributed by atoms with Crippen LogP contribution in [0.1, 0.15) is 20.8 Å². The van der Waals surface area contributed by atoms with Crippen molar-refractivity contribution < 1.29 is 9.90 Å². The Morgan fingerprint density at radius 2 is 2.06 bits per heavy atom. The van der Waals surface area contributed by atoms with Crippen LogP contribution in [0.25, 0.3) is 0 Å². The molecule has 1 aromatic carbocycles. The lowest BCUT2D eigenvalue weighted by Gasteiger charge is -2.03. The molecule has 1 aromatic heterocycles. The van der Waals surface area contributed by atoms with Gasteiger partial charge in [-0.2, -0.15) is 0 Å². The van der Waals surface area contributed by atoms with E-state index in [1.165, 1.54) is 4.88 Å². The number of rotatable bonds is 5. The summed E-state index contributed by atoms with van der Waals surface area (Å²) in [6.07, 6.45) is 1.84. The zero-order valence-corrected chi connectivity index (χ0v) is 9.91. The van der Waals surface area contributed by atoms with Crippen molar-refractivity contribution in [3.63, 3.8) is 0 Å². The molecule has 0 atom stereocenters. The van der Waals surface area contributed by atoms with Crippen LogP contribution < -0.4 is 5.32 Å². The Morgan fingerprint density at radius 1 is 1.29 bits per heavy atom. The summed E-state index contributed by atoms with van der Waals surface area (Å²) in [6.45, 7) is 1.50. The Kier molecular flexibility index (Phi) is 3.85. The molecule has 0 saturated carbocycles. The molecule has 0 radical (unpaired) electrons. The molecule has 5 heteroatoms. The number of thiazole rings is 1. The largest absolute Gasteiger partial charge is 0.478 e. The molecule has 0 spiro atoms. The molecular formula is C12H12N2O2S. The van der Waals surface area contributed by atoms with Gasteiger partial charge < -0.3 is 10.4 Å². The van der Waals surface area contributed by atoms with Gasteiger partial charge in [-0.3, -0.25) is 4.98 Å². The molecule has 2 aromatic rings. The van der Waals surface area contributed by atoms with Gasteiger partial charge in [0.2, 0.25) is 0 Å². The van der Waals surface area contributed by atoms with Crippen LogP contribution in [0.5, 0.6) is 0 Å². The third kappa shape index (κ3) is 3.37. The van der Waals surface area contributed by atoms with Gasteiger partial charge in [-0.25, -0.2) is 4.79 Å². The first kappa shape index (κ1) is 11.8. The summed E-state index contributed by atoms with van der Waals surface area (Å²) in [6, 6.07) is 6.88. The van der Waals surface area contributed by atoms with Crippen molar-refractivity contribution in [1.82, 2.24) is 10.3 Å². The molecule has 0 amide bonds. The summed E-state index contributed by atoms with van der Waals surface area (Å²) >= 11 is 1.61. The van der Waals surface area contributed by atoms with E-state index < -0.39 is 5.97 Å². The molecule has 0 unspecified atom stereocenters. The van der Waals surface area contributed by atoms with Gasteiger partial charge in [0, 0.05) is 24.2 Å². The van der Waals surface area contributed by atoms with E-state index in [0.717, 1.165) is 18.7 Å². The zero-order chi connectivity index (χ0) is 12.1. The molecule has 4 nitrogen and oxygen atoms in total. The van der Waals surface area contributed by atoms with E-state index in [9.17, 15) is 4.79 Å². The first-order valence-corrected chi connectivity index (χ1v) is 6.04. The van der Waals surface area contributed by atoms with E-state index in [-0.39, 0.29) is 0 Å². The van der Waals surface area contributed by atoms with Crippen LogP contribution in [-0.2, 0) is 13.1 Å². The average Bonchev–Trinajstić information content (AvgIpc) is 2.83. The van der Waals surface area contributed by atoms with Crippen molar-refractivity contribution in [2.24, 2.45) is 0 Å². The summed E-state index contributed by atoms with van der Waals surface area (Å²) in [5.41, 5.74) is 3.19. The second-order valence-corrected chi connectivity index (χ2v) is 4.54. The first-order chi connectivity index (χ1) is 8.25. The van der Waals surface area contributed by atoms with Crippen LogP contribution in [0.15, 0.2) is 36.0 Å². The second kappa shape index (κ2) is 5.56. The number of carbonyl (C=O) groups is 1. The zero-order valence-electron chi connectivity index (χ0n) is 9.09. The predicted octanol–water partition coefficient (Wildman–Crippen LogP) is 2.13. The number of hydrogen-bond acceptors (Lipinski definition) is 4. The van der Waals surface area contributed by atoms with Gasteiger partial charge in [-0.05, 0) is 17.7 Å². The smallest absolute Gasteiger partial charge is 0.335 e. The minimum Gasteiger partial charge on any atom is -0.478 e. The predicted molar refractivity (Wildman–Crippen MR) is 66.1 cm³/mol. The van der Waals surface area contributed by atoms with Gasteiger partial charge in [0.05, 0.1) is 11.1 Å². The Labute approximate surface area is 103 Å². The van der Waals surface area contributed by atoms with Crippen LogP contribution in [0.3, 0.4) is 0 Å². The van der Waals surface area contributed by atoms with Gasteiger partial charge in [-0.1, -0.05) is 12.1 Å². The molecule has 2 rings (SSSR count). The molecule has 88 valence electrons. The van der Waals surface area contributed by atoms with Crippen LogP contribution in [0, 0.1) is 0 Å². The van der Waals surface area contributed by atoms with Gasteiger partial charge in [-0.15, -0.1) is 11.3 Å². The second-order valence-electron chi connectivity index (χ2n) is 3.57. The quantitative estimate of drug-likeness (QED) is 0.851. The normalized spacial score (nSPS) is 10.4. The highest BCUT2D eigenvalue weighted by Gasteiger charge is 2.01. The SMILES string of the molecule is O=C(O)c1ccc(CNCc2cncs2)cc1. The number of carboxylic acid groups (broad SMARTS) is 1. The maximum atomic E-state index is 10.7. The van der Waals surface area contributed by atoms with Gasteiger partial charge >= 0.3 is 5.97 Å². The summed E-state index contributed by atoms with van der Waals surface area (Å²) in [5.74, 6) is -0.894. The average molecular weight is 248 g/mol. The molecule has 0 fully saturated rings. The number of benzene rings is 1. The molecule has 17 heavy (non-hydrogen) atoms. The highest BCUT2D eigenvalue weighted by Crippen LogP contribution is 2.07. The fourth-order valence-electron chi connectivity index (χ4n) is 1.42. The number of nitrogens with zero attached hydrogens (tertiary/aromatic N) is 1. The first-order valence-electron chi connectivity index (χ1n) is 5.16. The van der Waals surface area contributed by atoms with Crippen LogP contribution in [-0.4, -0.2) is 16.1 Å². The maximum absolute atomic E-state index is 10.7. The number of hydrogen-bond donors (Lipinski definition) is 2. The van der Waals surface area contributed by atoms with E-state index in [4.69, 9.17) is 5.11 Å². The Bertz CT molecular complexity index is 480. The highest BCUT2D eigenvalue weighted by atomic mass is 32.1. The van der Waals surface area contributed by atoms with E-state index in [1.54, 1.807) is 29.0 Å². The lowest BCUT2D eigenvalue weighted by molar-refractivity contribution is 0.0697. The topological polar surface area (TPSA) is 62.2 Å². The van der Waals surface area contributed by atoms with Crippen molar-refractivity contribution in [2.75, 3.05) is 0 Å². The van der Waals surface area contributed by atoms with E-state index in [0.29, 0.717) is 5.56 Å². The molecule has 0 bridgehead atoms. The fraction of sp³-hybridized carbons (Fsp3) is 0.167. The third-order valence-corrected chi connectivity index (χ3v) is 3.09. The molecule has 1 heterocycles. The van der Waals surface area contributed by atoms with Crippen molar-refractivity contribution in [1.29, 1.82) is 0 Å². The lowest BCUT2D eigenvalue weighted by Crippen LogP contribution is -2.11. The molecule has 0 aliphatic carbocycles. The number of aromatic carboxylic acids is 1. The summed E-state index contributed by atoms with van der Waals surface area (Å²) in [7, 11) is 0. The molecule has 2 N–H and O–H groups in total. The standard InChI is InChI=1S/C12H12N2O2S/c15-12(16)10-3-1-9(2-4-10)5-13-6-11-7-14-8-17-11/h1-4,7-8,13H,5-6H2,(H,15,16). The number of nitrogens with one attached hydrogen (secondary N) is 1. The fourth-order valence-corrected chi connectivity index (χ4v) is 1.99. The van der Waals surface area contributed by atoms with Crippen molar-refractivity contribution in [3.8, 4) is 0 Å². The third-order valence-electron chi connectivity index (χ3n) is 2.31. The van der Waals surface area contributed by atoms with E-state index >= 15 is 0 Å². The summed E-state index contributed by atoms with van der Waals surface area (Å²) in [5, 5.41) is 12.0. The minimum absolute atomic E-state index is 0.316. The monoisotopic (exact) mass is 248 g/mol. The molecular weight excluding hydrogens is 236 g/mol. The molecule has 0 aliphatic heterocycles. The summed E-state index contributed by atoms with van der Waals surface area (Å²) < 4.78 is 0. The molecule has 0 saturated heterocycles. The Morgan fingerprint density at radius 3 is 2.65 bits per heavy atom. The van der Waals surface area contributed by atoms with Crippen molar-refractivity contribution in [2.45, 2.75) is 13.1 Å². The van der Waals surface area contributed by atoms with Crippen molar-refractivity contribution >= 4 is 17.3 Å². The minimum atomic E-state index is -0.894. The highest BCUT2D eigenvalue weighted by molar-refractivity contribution is 7.09. The van der Waals surface area contributed by atoms with Gasteiger partial charge in [0.15, 0.2) is 0 Å². The number of aromatic nitrogens is 1. The van der Waals surface area contributed by atoms with Crippen LogP contribution in [0.2, 0.25) is 0 Å². The van der Waals surface area contributed by atoms with E-state index in [1.807, 2.05) is 18.3 Å². The number of carboxylic acids is 1. The van der Waals surface area contributed by atoms with E-state index in [2.05, 4.69) is 10.3 Å². The Balaban J connectivity index is 1.85. The van der Waals surface area contributed by atoms with Crippen LogP contribution in [0.4, 0.5) is 0 Å².